The molecule has 170 valence electrons. The van der Waals surface area contributed by atoms with Crippen LogP contribution in [0.4, 0.5) is 11.8 Å². The maximum atomic E-state index is 10.4. The average Bonchev–Trinajstić information content (AvgIpc) is 2.79. The Labute approximate surface area is 197 Å². The summed E-state index contributed by atoms with van der Waals surface area (Å²) in [5, 5.41) is 18.6. The summed E-state index contributed by atoms with van der Waals surface area (Å²) in [5.41, 5.74) is 1.78. The molecule has 1 heterocycles. The van der Waals surface area contributed by atoms with Gasteiger partial charge in [-0.2, -0.15) is 4.98 Å². The third kappa shape index (κ3) is 5.07. The van der Waals surface area contributed by atoms with Crippen molar-refractivity contribution in [3.8, 4) is 11.5 Å². The van der Waals surface area contributed by atoms with E-state index in [1.54, 1.807) is 13.2 Å². The van der Waals surface area contributed by atoms with E-state index < -0.39 is 0 Å². The predicted molar refractivity (Wildman–Crippen MR) is 133 cm³/mol. The van der Waals surface area contributed by atoms with Crippen molar-refractivity contribution >= 4 is 38.6 Å². The van der Waals surface area contributed by atoms with Gasteiger partial charge in [-0.25, -0.2) is 4.98 Å². The van der Waals surface area contributed by atoms with Gasteiger partial charge in [0.15, 0.2) is 11.5 Å². The first-order valence-electron chi connectivity index (χ1n) is 10.9. The molecule has 0 saturated heterocycles. The number of methoxy groups -OCH3 is 1. The van der Waals surface area contributed by atoms with Crippen molar-refractivity contribution in [2.24, 2.45) is 0 Å². The monoisotopic (exact) mass is 499 g/mol. The zero-order valence-corrected chi connectivity index (χ0v) is 20.3. The molecule has 0 spiro atoms. The smallest absolute Gasteiger partial charge is 0.225 e. The van der Waals surface area contributed by atoms with Gasteiger partial charge in [0, 0.05) is 48.1 Å². The lowest BCUT2D eigenvalue weighted by Gasteiger charge is -2.30. The first-order chi connectivity index (χ1) is 15.4. The molecule has 1 aromatic heterocycles. The van der Waals surface area contributed by atoms with E-state index in [1.165, 1.54) is 0 Å². The number of halogens is 1. The van der Waals surface area contributed by atoms with E-state index in [0.717, 1.165) is 52.4 Å². The number of hydrogen-bond donors (Lipinski definition) is 3. The van der Waals surface area contributed by atoms with Crippen LogP contribution in [0.2, 0.25) is 0 Å². The van der Waals surface area contributed by atoms with Crippen molar-refractivity contribution in [3.05, 3.63) is 46.4 Å². The number of nitrogens with zero attached hydrogens (tertiary/aromatic N) is 3. The molecule has 1 aliphatic rings. The number of anilines is 2. The number of para-hydroxylation sites is 1. The number of benzene rings is 2. The van der Waals surface area contributed by atoms with Crippen LogP contribution in [-0.2, 0) is 6.54 Å². The molecule has 0 bridgehead atoms. The Morgan fingerprint density at radius 2 is 1.81 bits per heavy atom. The molecule has 4 rings (SSSR count). The number of aromatic nitrogens is 2. The molecular formula is C24H30BrN5O2. The molecule has 0 atom stereocenters. The van der Waals surface area contributed by atoms with E-state index in [9.17, 15) is 5.11 Å². The average molecular weight is 500 g/mol. The quantitative estimate of drug-likeness (QED) is 0.435. The molecule has 0 unspecified atom stereocenters. The van der Waals surface area contributed by atoms with Gasteiger partial charge >= 0.3 is 0 Å². The van der Waals surface area contributed by atoms with Gasteiger partial charge in [-0.05, 0) is 49.9 Å². The van der Waals surface area contributed by atoms with E-state index in [1.807, 2.05) is 43.3 Å². The van der Waals surface area contributed by atoms with Gasteiger partial charge in [0.1, 0.15) is 5.82 Å². The summed E-state index contributed by atoms with van der Waals surface area (Å²) >= 11 is 3.48. The highest BCUT2D eigenvalue weighted by Gasteiger charge is 2.22. The van der Waals surface area contributed by atoms with E-state index in [-0.39, 0.29) is 5.75 Å². The highest BCUT2D eigenvalue weighted by Crippen LogP contribution is 2.34. The molecule has 1 aliphatic carbocycles. The summed E-state index contributed by atoms with van der Waals surface area (Å²) in [7, 11) is 5.58. The third-order valence-corrected chi connectivity index (χ3v) is 6.44. The van der Waals surface area contributed by atoms with Gasteiger partial charge < -0.3 is 25.4 Å². The van der Waals surface area contributed by atoms with Crippen molar-refractivity contribution < 1.29 is 9.84 Å². The fourth-order valence-corrected chi connectivity index (χ4v) is 4.75. The van der Waals surface area contributed by atoms with Crippen LogP contribution in [-0.4, -0.2) is 48.4 Å². The number of rotatable bonds is 7. The van der Waals surface area contributed by atoms with Crippen molar-refractivity contribution in [3.63, 3.8) is 0 Å². The number of aromatic hydroxyl groups is 1. The fraction of sp³-hybridized carbons (Fsp3) is 0.417. The number of phenols is 1. The fourth-order valence-electron chi connectivity index (χ4n) is 4.26. The molecule has 7 nitrogen and oxygen atoms in total. The second-order valence-corrected chi connectivity index (χ2v) is 9.39. The Morgan fingerprint density at radius 3 is 2.53 bits per heavy atom. The van der Waals surface area contributed by atoms with Crippen molar-refractivity contribution in [2.75, 3.05) is 31.4 Å². The van der Waals surface area contributed by atoms with Gasteiger partial charge in [-0.3, -0.25) is 0 Å². The Balaban J connectivity index is 1.35. The third-order valence-electron chi connectivity index (χ3n) is 5.99. The molecule has 0 amide bonds. The number of fused-ring (bicyclic) bond motifs is 1. The normalized spacial score (nSPS) is 18.5. The van der Waals surface area contributed by atoms with Crippen LogP contribution in [0.1, 0.15) is 31.2 Å². The molecule has 1 fully saturated rings. The van der Waals surface area contributed by atoms with Crippen LogP contribution in [0.25, 0.3) is 10.9 Å². The van der Waals surface area contributed by atoms with Gasteiger partial charge in [-0.1, -0.05) is 28.1 Å². The highest BCUT2D eigenvalue weighted by atomic mass is 79.9. The topological polar surface area (TPSA) is 82.5 Å². The molecule has 1 saturated carbocycles. The van der Waals surface area contributed by atoms with Crippen molar-refractivity contribution in [2.45, 2.75) is 44.3 Å². The molecule has 3 N–H and O–H groups in total. The van der Waals surface area contributed by atoms with E-state index in [0.29, 0.717) is 30.3 Å². The minimum absolute atomic E-state index is 0.198. The highest BCUT2D eigenvalue weighted by molar-refractivity contribution is 9.10. The van der Waals surface area contributed by atoms with Crippen LogP contribution in [0, 0.1) is 0 Å². The van der Waals surface area contributed by atoms with Crippen LogP contribution in [0.15, 0.2) is 40.9 Å². The maximum Gasteiger partial charge on any atom is 0.225 e. The summed E-state index contributed by atoms with van der Waals surface area (Å²) in [6.45, 7) is 0.602. The number of ether oxygens (including phenoxy) is 1. The zero-order chi connectivity index (χ0) is 22.7. The van der Waals surface area contributed by atoms with Crippen LogP contribution in [0.3, 0.4) is 0 Å². The Bertz CT molecular complexity index is 1080. The summed E-state index contributed by atoms with van der Waals surface area (Å²) in [5.74, 6) is 2.30. The summed E-state index contributed by atoms with van der Waals surface area (Å²) in [6, 6.07) is 12.6. The van der Waals surface area contributed by atoms with Gasteiger partial charge in [0.05, 0.1) is 12.6 Å². The summed E-state index contributed by atoms with van der Waals surface area (Å²) in [6.07, 6.45) is 4.19. The molecule has 32 heavy (non-hydrogen) atoms. The zero-order valence-electron chi connectivity index (χ0n) is 18.7. The molecular weight excluding hydrogens is 470 g/mol. The standard InChI is InChI=1S/C24H30BrN5O2/c1-30(2)23-19-6-4-5-7-20(19)28-24(29-23)27-18-10-8-17(9-11-18)26-14-15-12-16(25)13-21(32-3)22(15)31/h4-7,12-13,17-18,26,31H,8-11,14H2,1-3H3,(H,27,28,29)/t17-,18+. The van der Waals surface area contributed by atoms with Crippen LogP contribution in [0.5, 0.6) is 11.5 Å². The lowest BCUT2D eigenvalue weighted by Crippen LogP contribution is -2.37. The predicted octanol–water partition coefficient (Wildman–Crippen LogP) is 4.69. The minimum Gasteiger partial charge on any atom is -0.504 e. The van der Waals surface area contributed by atoms with Gasteiger partial charge in [-0.15, -0.1) is 0 Å². The lowest BCUT2D eigenvalue weighted by atomic mass is 9.91. The van der Waals surface area contributed by atoms with E-state index in [4.69, 9.17) is 14.7 Å². The Kier molecular flexibility index (Phi) is 7.01. The number of hydrogen-bond acceptors (Lipinski definition) is 7. The molecule has 8 heteroatoms. The lowest BCUT2D eigenvalue weighted by molar-refractivity contribution is 0.345. The van der Waals surface area contributed by atoms with Crippen LogP contribution < -0.4 is 20.3 Å². The Morgan fingerprint density at radius 1 is 1.09 bits per heavy atom. The minimum atomic E-state index is 0.198. The molecule has 0 aliphatic heterocycles. The van der Waals surface area contributed by atoms with Crippen molar-refractivity contribution in [1.29, 1.82) is 0 Å². The molecule has 2 aromatic carbocycles. The van der Waals surface area contributed by atoms with Gasteiger partial charge in [0.25, 0.3) is 0 Å². The van der Waals surface area contributed by atoms with Crippen molar-refractivity contribution in [1.82, 2.24) is 15.3 Å². The van der Waals surface area contributed by atoms with Gasteiger partial charge in [0.2, 0.25) is 5.95 Å². The first-order valence-corrected chi connectivity index (χ1v) is 11.7. The SMILES string of the molecule is COc1cc(Br)cc(CN[C@H]2CC[C@@H](Nc3nc(N(C)C)c4ccccc4n3)CC2)c1O. The van der Waals surface area contributed by atoms with E-state index >= 15 is 0 Å². The molecule has 0 radical (unpaired) electrons. The second kappa shape index (κ2) is 9.92. The number of nitrogens with one attached hydrogen (secondary N) is 2. The van der Waals surface area contributed by atoms with E-state index in [2.05, 4.69) is 32.6 Å². The van der Waals surface area contributed by atoms with Crippen LogP contribution >= 0.6 is 15.9 Å². The second-order valence-electron chi connectivity index (χ2n) is 8.47. The largest absolute Gasteiger partial charge is 0.504 e. The maximum absolute atomic E-state index is 10.4. The number of phenolic OH excluding ortho intramolecular Hbond substituents is 1. The Hall–Kier alpha value is -2.58. The summed E-state index contributed by atoms with van der Waals surface area (Å²) < 4.78 is 6.14. The molecule has 3 aromatic rings. The summed E-state index contributed by atoms with van der Waals surface area (Å²) in [4.78, 5) is 11.5. The first kappa shape index (κ1) is 22.6.